The lowest BCUT2D eigenvalue weighted by Crippen LogP contribution is -2.36. The summed E-state index contributed by atoms with van der Waals surface area (Å²) in [5.41, 5.74) is 0.259. The Labute approximate surface area is 97.8 Å². The van der Waals surface area contributed by atoms with Crippen LogP contribution < -0.4 is 4.90 Å². The molecule has 1 aromatic rings. The molecule has 0 aromatic carbocycles. The third-order valence-corrected chi connectivity index (χ3v) is 2.23. The Morgan fingerprint density at radius 3 is 2.53 bits per heavy atom. The molecule has 1 N–H and O–H groups in total. The molecule has 92 valence electrons. The molecule has 0 saturated carbocycles. The highest BCUT2D eigenvalue weighted by Gasteiger charge is 2.21. The number of pyridine rings is 1. The maximum absolute atomic E-state index is 11.0. The van der Waals surface area contributed by atoms with E-state index in [0.717, 1.165) is 11.1 Å². The average Bonchev–Trinajstić information content (AvgIpc) is 2.15. The standard InChI is InChI=1S/C10H13N3O4/c1-6(2)12(10(14)15)9-4-7(3)8(5-11-9)13(16)17/h4-6H,1-3H3,(H,14,15). The Morgan fingerprint density at radius 2 is 2.18 bits per heavy atom. The molecule has 0 fully saturated rings. The van der Waals surface area contributed by atoms with Gasteiger partial charge in [0, 0.05) is 11.6 Å². The van der Waals surface area contributed by atoms with Crippen LogP contribution in [0.1, 0.15) is 19.4 Å². The van der Waals surface area contributed by atoms with Gasteiger partial charge in [0.1, 0.15) is 12.0 Å². The summed E-state index contributed by atoms with van der Waals surface area (Å²) in [6, 6.07) is 1.10. The predicted octanol–water partition coefficient (Wildman–Crippen LogP) is 2.19. The zero-order valence-electron chi connectivity index (χ0n) is 9.75. The summed E-state index contributed by atoms with van der Waals surface area (Å²) < 4.78 is 0. The first-order valence-electron chi connectivity index (χ1n) is 4.97. The minimum atomic E-state index is -1.14. The Morgan fingerprint density at radius 1 is 1.59 bits per heavy atom. The second-order valence-corrected chi connectivity index (χ2v) is 3.83. The molecule has 7 heteroatoms. The number of amides is 1. The lowest BCUT2D eigenvalue weighted by Gasteiger charge is -2.22. The molecule has 0 saturated heterocycles. The van der Waals surface area contributed by atoms with Gasteiger partial charge in [-0.25, -0.2) is 9.78 Å². The molecule has 0 radical (unpaired) electrons. The molecule has 0 atom stereocenters. The predicted molar refractivity (Wildman–Crippen MR) is 61.3 cm³/mol. The van der Waals surface area contributed by atoms with Crippen molar-refractivity contribution in [2.75, 3.05) is 4.90 Å². The van der Waals surface area contributed by atoms with Crippen molar-refractivity contribution in [2.45, 2.75) is 26.8 Å². The molecule has 0 unspecified atom stereocenters. The van der Waals surface area contributed by atoms with E-state index < -0.39 is 11.0 Å². The third kappa shape index (κ3) is 2.68. The van der Waals surface area contributed by atoms with Crippen LogP contribution in [0.15, 0.2) is 12.3 Å². The highest BCUT2D eigenvalue weighted by Crippen LogP contribution is 2.22. The number of aromatic nitrogens is 1. The highest BCUT2D eigenvalue weighted by molar-refractivity contribution is 5.85. The first kappa shape index (κ1) is 12.9. The molecule has 7 nitrogen and oxygen atoms in total. The zero-order valence-corrected chi connectivity index (χ0v) is 9.75. The minimum Gasteiger partial charge on any atom is -0.465 e. The van der Waals surface area contributed by atoms with E-state index in [0.29, 0.717) is 5.56 Å². The number of carbonyl (C=O) groups is 1. The van der Waals surface area contributed by atoms with Gasteiger partial charge in [-0.3, -0.25) is 15.0 Å². The number of anilines is 1. The quantitative estimate of drug-likeness (QED) is 0.644. The van der Waals surface area contributed by atoms with Gasteiger partial charge in [-0.05, 0) is 26.8 Å². The van der Waals surface area contributed by atoms with Crippen molar-refractivity contribution in [3.05, 3.63) is 27.9 Å². The molecule has 1 amide bonds. The molecule has 0 aliphatic carbocycles. The molecule has 1 heterocycles. The molecular formula is C10H13N3O4. The average molecular weight is 239 g/mol. The van der Waals surface area contributed by atoms with Crippen LogP contribution in [0.2, 0.25) is 0 Å². The van der Waals surface area contributed by atoms with Crippen LogP contribution in [-0.4, -0.2) is 27.1 Å². The second-order valence-electron chi connectivity index (χ2n) is 3.83. The van der Waals surface area contributed by atoms with E-state index in [4.69, 9.17) is 5.11 Å². The van der Waals surface area contributed by atoms with Gasteiger partial charge in [0.25, 0.3) is 5.69 Å². The topological polar surface area (TPSA) is 96.6 Å². The Balaban J connectivity index is 3.20. The molecule has 1 rings (SSSR count). The van der Waals surface area contributed by atoms with Gasteiger partial charge in [0.15, 0.2) is 0 Å². The highest BCUT2D eigenvalue weighted by atomic mass is 16.6. The summed E-state index contributed by atoms with van der Waals surface area (Å²) in [4.78, 5) is 25.9. The van der Waals surface area contributed by atoms with Crippen molar-refractivity contribution in [1.29, 1.82) is 0 Å². The number of nitro groups is 1. The van der Waals surface area contributed by atoms with Crippen molar-refractivity contribution < 1.29 is 14.8 Å². The lowest BCUT2D eigenvalue weighted by atomic mass is 10.2. The van der Waals surface area contributed by atoms with Gasteiger partial charge in [0.05, 0.1) is 4.92 Å². The largest absolute Gasteiger partial charge is 0.465 e. The first-order valence-corrected chi connectivity index (χ1v) is 4.97. The van der Waals surface area contributed by atoms with E-state index in [2.05, 4.69) is 4.98 Å². The number of rotatable bonds is 3. The van der Waals surface area contributed by atoms with Gasteiger partial charge >= 0.3 is 6.09 Å². The summed E-state index contributed by atoms with van der Waals surface area (Å²) in [6.07, 6.45) is -0.0658. The van der Waals surface area contributed by atoms with E-state index in [1.165, 1.54) is 6.07 Å². The summed E-state index contributed by atoms with van der Waals surface area (Å²) in [7, 11) is 0. The van der Waals surface area contributed by atoms with E-state index >= 15 is 0 Å². The maximum Gasteiger partial charge on any atom is 0.413 e. The van der Waals surface area contributed by atoms with Crippen LogP contribution in [0.5, 0.6) is 0 Å². The molecule has 17 heavy (non-hydrogen) atoms. The van der Waals surface area contributed by atoms with Crippen LogP contribution in [-0.2, 0) is 0 Å². The molecular weight excluding hydrogens is 226 g/mol. The molecule has 0 bridgehead atoms. The fourth-order valence-electron chi connectivity index (χ4n) is 1.44. The molecule has 0 aliphatic heterocycles. The van der Waals surface area contributed by atoms with Gasteiger partial charge in [-0.15, -0.1) is 0 Å². The van der Waals surface area contributed by atoms with Crippen LogP contribution >= 0.6 is 0 Å². The van der Waals surface area contributed by atoms with Crippen LogP contribution in [0.4, 0.5) is 16.3 Å². The van der Waals surface area contributed by atoms with E-state index in [-0.39, 0.29) is 17.5 Å². The SMILES string of the molecule is Cc1cc(N(C(=O)O)C(C)C)ncc1[N+](=O)[O-]. The van der Waals surface area contributed by atoms with E-state index in [1.807, 2.05) is 0 Å². The van der Waals surface area contributed by atoms with Gasteiger partial charge in [-0.2, -0.15) is 0 Å². The minimum absolute atomic E-state index is 0.122. The normalized spacial score (nSPS) is 10.4. The zero-order chi connectivity index (χ0) is 13.2. The fourth-order valence-corrected chi connectivity index (χ4v) is 1.44. The summed E-state index contributed by atoms with van der Waals surface area (Å²) >= 11 is 0. The fraction of sp³-hybridized carbons (Fsp3) is 0.400. The maximum atomic E-state index is 11.0. The van der Waals surface area contributed by atoms with E-state index in [1.54, 1.807) is 20.8 Å². The van der Waals surface area contributed by atoms with Gasteiger partial charge in [-0.1, -0.05) is 0 Å². The third-order valence-electron chi connectivity index (χ3n) is 2.23. The number of nitrogens with zero attached hydrogens (tertiary/aromatic N) is 3. The van der Waals surface area contributed by atoms with Crippen molar-refractivity contribution >= 4 is 17.6 Å². The smallest absolute Gasteiger partial charge is 0.413 e. The Hall–Kier alpha value is -2.18. The Kier molecular flexibility index (Phi) is 3.62. The number of carboxylic acid groups (broad SMARTS) is 1. The van der Waals surface area contributed by atoms with Crippen molar-refractivity contribution in [3.63, 3.8) is 0 Å². The van der Waals surface area contributed by atoms with Crippen LogP contribution in [0, 0.1) is 17.0 Å². The molecule has 0 aliphatic rings. The van der Waals surface area contributed by atoms with Gasteiger partial charge in [0.2, 0.25) is 0 Å². The first-order chi connectivity index (χ1) is 7.84. The summed E-state index contributed by atoms with van der Waals surface area (Å²) in [6.45, 7) is 4.95. The summed E-state index contributed by atoms with van der Waals surface area (Å²) in [5, 5.41) is 19.6. The number of aryl methyl sites for hydroxylation is 1. The van der Waals surface area contributed by atoms with Crippen molar-refractivity contribution in [1.82, 2.24) is 4.98 Å². The van der Waals surface area contributed by atoms with Crippen molar-refractivity contribution in [3.8, 4) is 0 Å². The molecule has 0 spiro atoms. The van der Waals surface area contributed by atoms with Gasteiger partial charge < -0.3 is 5.11 Å². The number of hydrogen-bond acceptors (Lipinski definition) is 4. The monoisotopic (exact) mass is 239 g/mol. The van der Waals surface area contributed by atoms with Crippen LogP contribution in [0.25, 0.3) is 0 Å². The molecule has 1 aromatic heterocycles. The van der Waals surface area contributed by atoms with Crippen molar-refractivity contribution in [2.24, 2.45) is 0 Å². The summed E-state index contributed by atoms with van der Waals surface area (Å²) in [5.74, 6) is 0.190. The lowest BCUT2D eigenvalue weighted by molar-refractivity contribution is -0.385. The van der Waals surface area contributed by atoms with E-state index in [9.17, 15) is 14.9 Å². The van der Waals surface area contributed by atoms with Crippen LogP contribution in [0.3, 0.4) is 0 Å². The second kappa shape index (κ2) is 4.77. The Bertz CT molecular complexity index is 459. The number of hydrogen-bond donors (Lipinski definition) is 1.